The van der Waals surface area contributed by atoms with Gasteiger partial charge in [-0.15, -0.1) is 0 Å². The van der Waals surface area contributed by atoms with Crippen LogP contribution in [-0.2, 0) is 0 Å². The lowest BCUT2D eigenvalue weighted by Gasteiger charge is -2.18. The summed E-state index contributed by atoms with van der Waals surface area (Å²) in [4.78, 5) is 0. The first-order valence-corrected chi connectivity index (χ1v) is 5.87. The van der Waals surface area contributed by atoms with E-state index in [0.29, 0.717) is 10.6 Å². The SMILES string of the molecule is CNC(c1ccc(F)cc1)c1cc(Cl)ccc1F. The first-order valence-electron chi connectivity index (χ1n) is 5.49. The van der Waals surface area contributed by atoms with Crippen LogP contribution in [0.3, 0.4) is 0 Å². The van der Waals surface area contributed by atoms with E-state index in [9.17, 15) is 8.78 Å². The van der Waals surface area contributed by atoms with Crippen LogP contribution in [0.5, 0.6) is 0 Å². The Morgan fingerprint density at radius 1 is 1.06 bits per heavy atom. The molecule has 2 rings (SSSR count). The number of hydrogen-bond acceptors (Lipinski definition) is 1. The molecule has 0 bridgehead atoms. The Kier molecular flexibility index (Phi) is 3.94. The molecular weight excluding hydrogens is 256 g/mol. The minimum Gasteiger partial charge on any atom is -0.309 e. The number of nitrogens with one attached hydrogen (secondary N) is 1. The Labute approximate surface area is 109 Å². The normalized spacial score (nSPS) is 12.4. The molecule has 18 heavy (non-hydrogen) atoms. The molecule has 0 fully saturated rings. The predicted octanol–water partition coefficient (Wildman–Crippen LogP) is 3.93. The van der Waals surface area contributed by atoms with E-state index in [1.807, 2.05) is 0 Å². The summed E-state index contributed by atoms with van der Waals surface area (Å²) in [6.45, 7) is 0. The first-order chi connectivity index (χ1) is 8.61. The zero-order valence-electron chi connectivity index (χ0n) is 9.75. The summed E-state index contributed by atoms with van der Waals surface area (Å²) in [5, 5.41) is 3.47. The average Bonchev–Trinajstić information content (AvgIpc) is 2.37. The van der Waals surface area contributed by atoms with Crippen LogP contribution in [-0.4, -0.2) is 7.05 Å². The van der Waals surface area contributed by atoms with Crippen molar-refractivity contribution in [2.45, 2.75) is 6.04 Å². The maximum atomic E-state index is 13.8. The predicted molar refractivity (Wildman–Crippen MR) is 68.7 cm³/mol. The molecule has 1 unspecified atom stereocenters. The Hall–Kier alpha value is -1.45. The van der Waals surface area contributed by atoms with Crippen LogP contribution in [0.2, 0.25) is 5.02 Å². The van der Waals surface area contributed by atoms with E-state index < -0.39 is 0 Å². The minimum atomic E-state index is -0.357. The molecule has 2 aromatic carbocycles. The van der Waals surface area contributed by atoms with E-state index in [2.05, 4.69) is 5.32 Å². The van der Waals surface area contributed by atoms with Crippen LogP contribution in [0.15, 0.2) is 42.5 Å². The van der Waals surface area contributed by atoms with Crippen LogP contribution in [0.25, 0.3) is 0 Å². The van der Waals surface area contributed by atoms with Gasteiger partial charge in [-0.3, -0.25) is 0 Å². The molecule has 0 heterocycles. The van der Waals surface area contributed by atoms with Gasteiger partial charge in [0, 0.05) is 10.6 Å². The van der Waals surface area contributed by atoms with Gasteiger partial charge >= 0.3 is 0 Å². The third-order valence-electron chi connectivity index (χ3n) is 2.76. The fourth-order valence-electron chi connectivity index (χ4n) is 1.89. The van der Waals surface area contributed by atoms with Crippen molar-refractivity contribution in [1.29, 1.82) is 0 Å². The van der Waals surface area contributed by atoms with Gasteiger partial charge in [0.1, 0.15) is 11.6 Å². The standard InChI is InChI=1S/C14H12ClF2N/c1-18-14(9-2-5-11(16)6-3-9)12-8-10(15)4-7-13(12)17/h2-8,14,18H,1H3. The van der Waals surface area contributed by atoms with Gasteiger partial charge in [0.25, 0.3) is 0 Å². The fraction of sp³-hybridized carbons (Fsp3) is 0.143. The highest BCUT2D eigenvalue weighted by Crippen LogP contribution is 2.26. The van der Waals surface area contributed by atoms with Crippen LogP contribution >= 0.6 is 11.6 Å². The maximum absolute atomic E-state index is 13.8. The lowest BCUT2D eigenvalue weighted by molar-refractivity contribution is 0.575. The molecule has 1 nitrogen and oxygen atoms in total. The minimum absolute atomic E-state index is 0.319. The Morgan fingerprint density at radius 3 is 2.33 bits per heavy atom. The lowest BCUT2D eigenvalue weighted by atomic mass is 9.98. The maximum Gasteiger partial charge on any atom is 0.128 e. The number of benzene rings is 2. The summed E-state index contributed by atoms with van der Waals surface area (Å²) >= 11 is 5.88. The third kappa shape index (κ3) is 2.68. The second-order valence-electron chi connectivity index (χ2n) is 3.94. The molecule has 0 aliphatic rings. The zero-order chi connectivity index (χ0) is 13.1. The summed E-state index contributed by atoms with van der Waals surface area (Å²) < 4.78 is 26.7. The van der Waals surface area contributed by atoms with E-state index in [0.717, 1.165) is 5.56 Å². The van der Waals surface area contributed by atoms with E-state index in [1.54, 1.807) is 25.2 Å². The Bertz CT molecular complexity index is 540. The van der Waals surface area contributed by atoms with Crippen molar-refractivity contribution in [3.05, 3.63) is 70.2 Å². The number of rotatable bonds is 3. The molecule has 4 heteroatoms. The van der Waals surface area contributed by atoms with Gasteiger partial charge in [-0.2, -0.15) is 0 Å². The molecule has 1 atom stereocenters. The van der Waals surface area contributed by atoms with Crippen molar-refractivity contribution in [2.75, 3.05) is 7.05 Å². The van der Waals surface area contributed by atoms with Gasteiger partial charge in [-0.05, 0) is 42.9 Å². The second-order valence-corrected chi connectivity index (χ2v) is 4.38. The van der Waals surface area contributed by atoms with E-state index >= 15 is 0 Å². The monoisotopic (exact) mass is 267 g/mol. The van der Waals surface area contributed by atoms with Gasteiger partial charge in [0.15, 0.2) is 0 Å². The number of hydrogen-bond donors (Lipinski definition) is 1. The average molecular weight is 268 g/mol. The topological polar surface area (TPSA) is 12.0 Å². The summed E-state index contributed by atoms with van der Waals surface area (Å²) in [6.07, 6.45) is 0. The van der Waals surface area contributed by atoms with Crippen molar-refractivity contribution < 1.29 is 8.78 Å². The summed E-state index contributed by atoms with van der Waals surface area (Å²) in [5.74, 6) is -0.664. The summed E-state index contributed by atoms with van der Waals surface area (Å²) in [6, 6.07) is 9.98. The molecule has 1 N–H and O–H groups in total. The molecule has 94 valence electrons. The van der Waals surface area contributed by atoms with Gasteiger partial charge in [0.05, 0.1) is 6.04 Å². The molecule has 0 aliphatic carbocycles. The van der Waals surface area contributed by atoms with E-state index in [1.165, 1.54) is 24.3 Å². The van der Waals surface area contributed by atoms with Crippen molar-refractivity contribution >= 4 is 11.6 Å². The lowest BCUT2D eigenvalue weighted by Crippen LogP contribution is -2.19. The highest BCUT2D eigenvalue weighted by Gasteiger charge is 2.16. The Morgan fingerprint density at radius 2 is 1.72 bits per heavy atom. The molecule has 0 aromatic heterocycles. The van der Waals surface area contributed by atoms with Gasteiger partial charge in [0.2, 0.25) is 0 Å². The molecule has 2 aromatic rings. The zero-order valence-corrected chi connectivity index (χ0v) is 10.5. The molecule has 0 spiro atoms. The van der Waals surface area contributed by atoms with E-state index in [-0.39, 0.29) is 17.7 Å². The molecular formula is C14H12ClF2N. The summed E-state index contributed by atoms with van der Waals surface area (Å²) in [7, 11) is 1.72. The smallest absolute Gasteiger partial charge is 0.128 e. The molecule has 0 saturated carbocycles. The van der Waals surface area contributed by atoms with Gasteiger partial charge in [-0.1, -0.05) is 23.7 Å². The summed E-state index contributed by atoms with van der Waals surface area (Å²) in [5.41, 5.74) is 1.22. The van der Waals surface area contributed by atoms with Gasteiger partial charge in [-0.25, -0.2) is 8.78 Å². The second kappa shape index (κ2) is 5.46. The third-order valence-corrected chi connectivity index (χ3v) is 3.00. The highest BCUT2D eigenvalue weighted by molar-refractivity contribution is 6.30. The van der Waals surface area contributed by atoms with Crippen molar-refractivity contribution in [3.63, 3.8) is 0 Å². The van der Waals surface area contributed by atoms with Crippen LogP contribution in [0.4, 0.5) is 8.78 Å². The fourth-order valence-corrected chi connectivity index (χ4v) is 2.07. The van der Waals surface area contributed by atoms with Crippen molar-refractivity contribution in [2.24, 2.45) is 0 Å². The van der Waals surface area contributed by atoms with E-state index in [4.69, 9.17) is 11.6 Å². The first kappa shape index (κ1) is 13.0. The largest absolute Gasteiger partial charge is 0.309 e. The molecule has 0 saturated heterocycles. The highest BCUT2D eigenvalue weighted by atomic mass is 35.5. The van der Waals surface area contributed by atoms with Gasteiger partial charge < -0.3 is 5.32 Å². The van der Waals surface area contributed by atoms with Crippen LogP contribution < -0.4 is 5.32 Å². The quantitative estimate of drug-likeness (QED) is 0.889. The molecule has 0 radical (unpaired) electrons. The van der Waals surface area contributed by atoms with Crippen molar-refractivity contribution in [3.8, 4) is 0 Å². The van der Waals surface area contributed by atoms with Crippen LogP contribution in [0.1, 0.15) is 17.2 Å². The molecule has 0 aliphatic heterocycles. The Balaban J connectivity index is 2.44. The molecule has 0 amide bonds. The van der Waals surface area contributed by atoms with Crippen molar-refractivity contribution in [1.82, 2.24) is 5.32 Å². The van der Waals surface area contributed by atoms with Crippen LogP contribution in [0, 0.1) is 11.6 Å². The number of halogens is 3.